The van der Waals surface area contributed by atoms with Gasteiger partial charge in [0.25, 0.3) is 0 Å². The van der Waals surface area contributed by atoms with E-state index in [9.17, 15) is 4.79 Å². The first-order valence-electron chi connectivity index (χ1n) is 6.60. The molecule has 0 bridgehead atoms. The van der Waals surface area contributed by atoms with Crippen molar-refractivity contribution in [2.75, 3.05) is 20.2 Å². The summed E-state index contributed by atoms with van der Waals surface area (Å²) < 4.78 is 11.0. The highest BCUT2D eigenvalue weighted by atomic mass is 16.5. The first-order chi connectivity index (χ1) is 9.28. The Morgan fingerprint density at radius 3 is 2.79 bits per heavy atom. The molecule has 2 heterocycles. The maximum atomic E-state index is 12.2. The number of rotatable bonds is 2. The second kappa shape index (κ2) is 5.05. The molecular formula is C15H17NO3. The van der Waals surface area contributed by atoms with Crippen molar-refractivity contribution in [2.24, 2.45) is 0 Å². The molecule has 0 amide bonds. The molecule has 0 radical (unpaired) electrons. The van der Waals surface area contributed by atoms with Gasteiger partial charge in [-0.15, -0.1) is 0 Å². The third kappa shape index (κ3) is 2.36. The zero-order valence-electron chi connectivity index (χ0n) is 10.9. The molecule has 1 aliphatic heterocycles. The quantitative estimate of drug-likeness (QED) is 0.899. The van der Waals surface area contributed by atoms with Gasteiger partial charge in [-0.1, -0.05) is 0 Å². The van der Waals surface area contributed by atoms with Gasteiger partial charge in [0.15, 0.2) is 5.43 Å². The Morgan fingerprint density at radius 2 is 2.05 bits per heavy atom. The second-order valence-corrected chi connectivity index (χ2v) is 4.90. The maximum Gasteiger partial charge on any atom is 0.193 e. The van der Waals surface area contributed by atoms with Crippen LogP contribution in [0.2, 0.25) is 0 Å². The monoisotopic (exact) mass is 259 g/mol. The third-order valence-corrected chi connectivity index (χ3v) is 3.69. The van der Waals surface area contributed by atoms with Crippen molar-refractivity contribution < 1.29 is 9.15 Å². The molecule has 0 atom stereocenters. The molecule has 1 fully saturated rings. The Labute approximate surface area is 111 Å². The maximum absolute atomic E-state index is 12.2. The molecule has 3 rings (SSSR count). The fourth-order valence-corrected chi connectivity index (χ4v) is 2.59. The highest BCUT2D eigenvalue weighted by Crippen LogP contribution is 2.27. The van der Waals surface area contributed by atoms with Gasteiger partial charge in [-0.25, -0.2) is 0 Å². The summed E-state index contributed by atoms with van der Waals surface area (Å²) in [6, 6.07) is 6.99. The highest BCUT2D eigenvalue weighted by molar-refractivity contribution is 5.78. The van der Waals surface area contributed by atoms with E-state index in [1.54, 1.807) is 25.3 Å². The molecule has 0 unspecified atom stereocenters. The second-order valence-electron chi connectivity index (χ2n) is 4.90. The normalized spacial score (nSPS) is 16.7. The topological polar surface area (TPSA) is 51.5 Å². The van der Waals surface area contributed by atoms with Crippen LogP contribution in [-0.4, -0.2) is 20.2 Å². The van der Waals surface area contributed by atoms with Crippen LogP contribution in [0.1, 0.15) is 24.5 Å². The van der Waals surface area contributed by atoms with Gasteiger partial charge in [0.2, 0.25) is 0 Å². The van der Waals surface area contributed by atoms with Gasteiger partial charge in [-0.2, -0.15) is 0 Å². The van der Waals surface area contributed by atoms with Crippen LogP contribution >= 0.6 is 0 Å². The summed E-state index contributed by atoms with van der Waals surface area (Å²) in [7, 11) is 1.59. The van der Waals surface area contributed by atoms with E-state index < -0.39 is 0 Å². The summed E-state index contributed by atoms with van der Waals surface area (Å²) >= 11 is 0. The van der Waals surface area contributed by atoms with Crippen LogP contribution in [0.15, 0.2) is 33.5 Å². The molecule has 0 aliphatic carbocycles. The summed E-state index contributed by atoms with van der Waals surface area (Å²) in [6.07, 6.45) is 2.04. The van der Waals surface area contributed by atoms with Crippen molar-refractivity contribution in [2.45, 2.75) is 18.8 Å². The molecule has 1 N–H and O–H groups in total. The Hall–Kier alpha value is -1.81. The van der Waals surface area contributed by atoms with Crippen molar-refractivity contribution in [1.82, 2.24) is 5.32 Å². The third-order valence-electron chi connectivity index (χ3n) is 3.69. The van der Waals surface area contributed by atoms with E-state index in [2.05, 4.69) is 5.32 Å². The number of benzene rings is 1. The molecule has 100 valence electrons. The van der Waals surface area contributed by atoms with Crippen molar-refractivity contribution in [1.29, 1.82) is 0 Å². The lowest BCUT2D eigenvalue weighted by Crippen LogP contribution is -2.27. The molecule has 0 saturated carbocycles. The van der Waals surface area contributed by atoms with Crippen LogP contribution < -0.4 is 15.5 Å². The number of piperidine rings is 1. The fraction of sp³-hybridized carbons (Fsp3) is 0.400. The SMILES string of the molecule is COc1ccc2oc(C3CCNCC3)cc(=O)c2c1. The lowest BCUT2D eigenvalue weighted by atomic mass is 9.95. The van der Waals surface area contributed by atoms with Gasteiger partial charge >= 0.3 is 0 Å². The van der Waals surface area contributed by atoms with Gasteiger partial charge < -0.3 is 14.5 Å². The van der Waals surface area contributed by atoms with E-state index in [4.69, 9.17) is 9.15 Å². The van der Waals surface area contributed by atoms with Crippen LogP contribution in [0.3, 0.4) is 0 Å². The number of hydrogen-bond donors (Lipinski definition) is 1. The Morgan fingerprint density at radius 1 is 1.26 bits per heavy atom. The minimum atomic E-state index is 0.00804. The molecule has 1 saturated heterocycles. The summed E-state index contributed by atoms with van der Waals surface area (Å²) in [5.74, 6) is 1.83. The first kappa shape index (κ1) is 12.2. The minimum Gasteiger partial charge on any atom is -0.497 e. The van der Waals surface area contributed by atoms with Crippen LogP contribution in [0, 0.1) is 0 Å². The van der Waals surface area contributed by atoms with Gasteiger partial charge in [0.1, 0.15) is 17.1 Å². The van der Waals surface area contributed by atoms with E-state index in [-0.39, 0.29) is 5.43 Å². The smallest absolute Gasteiger partial charge is 0.193 e. The lowest BCUT2D eigenvalue weighted by molar-refractivity contribution is 0.391. The number of fused-ring (bicyclic) bond motifs is 1. The molecule has 19 heavy (non-hydrogen) atoms. The van der Waals surface area contributed by atoms with Gasteiger partial charge in [0.05, 0.1) is 12.5 Å². The van der Waals surface area contributed by atoms with E-state index in [1.165, 1.54) is 0 Å². The molecule has 1 aromatic carbocycles. The van der Waals surface area contributed by atoms with Crippen LogP contribution in [-0.2, 0) is 0 Å². The highest BCUT2D eigenvalue weighted by Gasteiger charge is 2.19. The Kier molecular flexibility index (Phi) is 3.25. The number of nitrogens with one attached hydrogen (secondary N) is 1. The van der Waals surface area contributed by atoms with Gasteiger partial charge in [0, 0.05) is 12.0 Å². The van der Waals surface area contributed by atoms with Crippen molar-refractivity contribution in [3.63, 3.8) is 0 Å². The molecule has 4 heteroatoms. The zero-order valence-corrected chi connectivity index (χ0v) is 10.9. The van der Waals surface area contributed by atoms with E-state index in [0.717, 1.165) is 31.7 Å². The largest absolute Gasteiger partial charge is 0.497 e. The van der Waals surface area contributed by atoms with Crippen LogP contribution in [0.25, 0.3) is 11.0 Å². The number of methoxy groups -OCH3 is 1. The van der Waals surface area contributed by atoms with Crippen LogP contribution in [0.4, 0.5) is 0 Å². The molecule has 1 aliphatic rings. The Balaban J connectivity index is 2.06. The summed E-state index contributed by atoms with van der Waals surface area (Å²) in [5, 5.41) is 3.90. The molecular weight excluding hydrogens is 242 g/mol. The predicted molar refractivity (Wildman–Crippen MR) is 73.9 cm³/mol. The zero-order chi connectivity index (χ0) is 13.2. The van der Waals surface area contributed by atoms with E-state index in [0.29, 0.717) is 22.6 Å². The van der Waals surface area contributed by atoms with E-state index in [1.807, 2.05) is 6.07 Å². The molecule has 4 nitrogen and oxygen atoms in total. The summed E-state index contributed by atoms with van der Waals surface area (Å²) in [4.78, 5) is 12.2. The van der Waals surface area contributed by atoms with Crippen molar-refractivity contribution >= 4 is 11.0 Å². The number of ether oxygens (including phenoxy) is 1. The van der Waals surface area contributed by atoms with Crippen LogP contribution in [0.5, 0.6) is 5.75 Å². The average molecular weight is 259 g/mol. The van der Waals surface area contributed by atoms with E-state index >= 15 is 0 Å². The fourth-order valence-electron chi connectivity index (χ4n) is 2.59. The van der Waals surface area contributed by atoms with Crippen molar-refractivity contribution in [3.8, 4) is 5.75 Å². The van der Waals surface area contributed by atoms with Gasteiger partial charge in [-0.3, -0.25) is 4.79 Å². The lowest BCUT2D eigenvalue weighted by Gasteiger charge is -2.21. The average Bonchev–Trinajstić information content (AvgIpc) is 2.48. The first-order valence-corrected chi connectivity index (χ1v) is 6.60. The van der Waals surface area contributed by atoms with Gasteiger partial charge in [-0.05, 0) is 44.1 Å². The Bertz CT molecular complexity index is 641. The molecule has 0 spiro atoms. The summed E-state index contributed by atoms with van der Waals surface area (Å²) in [5.41, 5.74) is 0.649. The predicted octanol–water partition coefficient (Wildman–Crippen LogP) is 2.27. The van der Waals surface area contributed by atoms with Crippen molar-refractivity contribution in [3.05, 3.63) is 40.2 Å². The molecule has 2 aromatic rings. The standard InChI is InChI=1S/C15H17NO3/c1-18-11-2-3-14-12(8-11)13(17)9-15(19-14)10-4-6-16-7-5-10/h2-3,8-10,16H,4-7H2,1H3. The number of hydrogen-bond acceptors (Lipinski definition) is 4. The minimum absolute atomic E-state index is 0.00804. The summed E-state index contributed by atoms with van der Waals surface area (Å²) in [6.45, 7) is 1.96. The molecule has 1 aromatic heterocycles.